The first-order chi connectivity index (χ1) is 17.5. The summed E-state index contributed by atoms with van der Waals surface area (Å²) in [5, 5.41) is 13.2. The molecular formula is C29H27F2N3O2. The van der Waals surface area contributed by atoms with E-state index in [1.54, 1.807) is 0 Å². The van der Waals surface area contributed by atoms with Gasteiger partial charge in [-0.15, -0.1) is 0 Å². The van der Waals surface area contributed by atoms with E-state index < -0.39 is 17.0 Å². The standard InChI is InChI=1S/C29H27F2N3O2/c1-35-25-15-26(36-2)28(31)23(27(25)30)13-19-5-8-24-22(19)14-20(16-34-24)18-3-6-21(7-4-18)29(17-32)9-11-33-12-10-29/h3-7,14-16,33H,8-13H2,1-2H3. The van der Waals surface area contributed by atoms with Gasteiger partial charge in [-0.1, -0.05) is 30.3 Å². The first kappa shape index (κ1) is 24.0. The van der Waals surface area contributed by atoms with Gasteiger partial charge in [-0.05, 0) is 48.7 Å². The first-order valence-corrected chi connectivity index (χ1v) is 12.0. The van der Waals surface area contributed by atoms with Gasteiger partial charge in [0.15, 0.2) is 23.1 Å². The lowest BCUT2D eigenvalue weighted by Crippen LogP contribution is -2.38. The van der Waals surface area contributed by atoms with E-state index in [9.17, 15) is 14.0 Å². The van der Waals surface area contributed by atoms with E-state index in [4.69, 9.17) is 9.47 Å². The molecule has 2 aliphatic rings. The summed E-state index contributed by atoms with van der Waals surface area (Å²) in [4.78, 5) is 4.63. The lowest BCUT2D eigenvalue weighted by molar-refractivity contribution is 0.354. The quantitative estimate of drug-likeness (QED) is 0.506. The van der Waals surface area contributed by atoms with Gasteiger partial charge in [0.2, 0.25) is 0 Å². The Morgan fingerprint density at radius 1 is 1.00 bits per heavy atom. The fourth-order valence-corrected chi connectivity index (χ4v) is 5.17. The van der Waals surface area contributed by atoms with E-state index in [-0.39, 0.29) is 23.5 Å². The molecule has 184 valence electrons. The highest BCUT2D eigenvalue weighted by molar-refractivity contribution is 5.78. The van der Waals surface area contributed by atoms with Crippen molar-refractivity contribution < 1.29 is 18.3 Å². The lowest BCUT2D eigenvalue weighted by atomic mass is 9.74. The molecule has 1 aliphatic carbocycles. The average Bonchev–Trinajstić information content (AvgIpc) is 3.33. The van der Waals surface area contributed by atoms with Gasteiger partial charge in [0.05, 0.1) is 31.4 Å². The molecule has 2 heterocycles. The molecule has 2 aromatic carbocycles. The molecule has 0 atom stereocenters. The van der Waals surface area contributed by atoms with Crippen LogP contribution in [0.3, 0.4) is 0 Å². The molecule has 0 saturated carbocycles. The summed E-state index contributed by atoms with van der Waals surface area (Å²) in [6.07, 6.45) is 6.03. The van der Waals surface area contributed by atoms with Crippen LogP contribution < -0.4 is 14.8 Å². The second kappa shape index (κ2) is 9.71. The van der Waals surface area contributed by atoms with Crippen LogP contribution in [-0.4, -0.2) is 32.3 Å². The van der Waals surface area contributed by atoms with Crippen LogP contribution in [0.5, 0.6) is 11.5 Å². The number of nitriles is 1. The Balaban J connectivity index is 1.44. The molecule has 1 aromatic heterocycles. The maximum absolute atomic E-state index is 15.0. The smallest absolute Gasteiger partial charge is 0.171 e. The number of aromatic nitrogens is 1. The van der Waals surface area contributed by atoms with Crippen LogP contribution in [0.25, 0.3) is 16.7 Å². The summed E-state index contributed by atoms with van der Waals surface area (Å²) in [6, 6.07) is 13.9. The first-order valence-electron chi connectivity index (χ1n) is 12.0. The zero-order valence-corrected chi connectivity index (χ0v) is 20.3. The van der Waals surface area contributed by atoms with Crippen LogP contribution in [0, 0.1) is 23.0 Å². The third kappa shape index (κ3) is 4.12. The lowest BCUT2D eigenvalue weighted by Gasteiger charge is -2.31. The molecule has 36 heavy (non-hydrogen) atoms. The van der Waals surface area contributed by atoms with Crippen molar-refractivity contribution >= 4 is 5.57 Å². The molecule has 3 aromatic rings. The van der Waals surface area contributed by atoms with Crippen molar-refractivity contribution in [1.82, 2.24) is 10.3 Å². The number of hydrogen-bond acceptors (Lipinski definition) is 5. The van der Waals surface area contributed by atoms with E-state index in [0.29, 0.717) is 6.42 Å². The van der Waals surface area contributed by atoms with E-state index >= 15 is 0 Å². The molecule has 7 heteroatoms. The Hall–Kier alpha value is -3.76. The number of nitrogens with zero attached hydrogens (tertiary/aromatic N) is 2. The number of ether oxygens (including phenoxy) is 2. The molecule has 1 aliphatic heterocycles. The number of rotatable bonds is 6. The van der Waals surface area contributed by atoms with Crippen LogP contribution in [0.1, 0.15) is 35.2 Å². The minimum absolute atomic E-state index is 0.0566. The van der Waals surface area contributed by atoms with Crippen molar-refractivity contribution in [2.45, 2.75) is 31.1 Å². The van der Waals surface area contributed by atoms with Crippen molar-refractivity contribution in [2.75, 3.05) is 27.3 Å². The highest BCUT2D eigenvalue weighted by atomic mass is 19.1. The van der Waals surface area contributed by atoms with E-state index in [0.717, 1.165) is 59.5 Å². The molecule has 0 spiro atoms. The maximum atomic E-state index is 15.0. The molecule has 0 bridgehead atoms. The minimum atomic E-state index is -0.728. The summed E-state index contributed by atoms with van der Waals surface area (Å²) < 4.78 is 40.1. The van der Waals surface area contributed by atoms with Crippen molar-refractivity contribution in [1.29, 1.82) is 5.26 Å². The predicted octanol–water partition coefficient (Wildman–Crippen LogP) is 5.37. The highest BCUT2D eigenvalue weighted by Crippen LogP contribution is 2.38. The summed E-state index contributed by atoms with van der Waals surface area (Å²) in [5.41, 5.74) is 4.93. The van der Waals surface area contributed by atoms with Crippen molar-refractivity contribution in [2.24, 2.45) is 0 Å². The molecule has 0 amide bonds. The second-order valence-corrected chi connectivity index (χ2v) is 9.24. The highest BCUT2D eigenvalue weighted by Gasteiger charge is 2.34. The molecule has 0 radical (unpaired) electrons. The Morgan fingerprint density at radius 2 is 1.67 bits per heavy atom. The van der Waals surface area contributed by atoms with Gasteiger partial charge in [-0.25, -0.2) is 8.78 Å². The second-order valence-electron chi connectivity index (χ2n) is 9.24. The van der Waals surface area contributed by atoms with E-state index in [1.165, 1.54) is 20.3 Å². The number of benzene rings is 2. The average molecular weight is 488 g/mol. The van der Waals surface area contributed by atoms with Gasteiger partial charge >= 0.3 is 0 Å². The fourth-order valence-electron chi connectivity index (χ4n) is 5.17. The Kier molecular flexibility index (Phi) is 6.46. The number of methoxy groups -OCH3 is 2. The summed E-state index contributed by atoms with van der Waals surface area (Å²) in [5.74, 6) is -1.57. The molecule has 1 saturated heterocycles. The number of allylic oxidation sites excluding steroid dienone is 2. The maximum Gasteiger partial charge on any atom is 0.171 e. The topological polar surface area (TPSA) is 67.2 Å². The van der Waals surface area contributed by atoms with Crippen LogP contribution >= 0.6 is 0 Å². The Bertz CT molecular complexity index is 1340. The zero-order valence-electron chi connectivity index (χ0n) is 20.3. The van der Waals surface area contributed by atoms with Crippen molar-refractivity contribution in [3.8, 4) is 28.7 Å². The van der Waals surface area contributed by atoms with Crippen LogP contribution in [0.2, 0.25) is 0 Å². The number of nitrogens with one attached hydrogen (secondary N) is 1. The van der Waals surface area contributed by atoms with Gasteiger partial charge in [0, 0.05) is 41.8 Å². The number of hydrogen-bond donors (Lipinski definition) is 1. The monoisotopic (exact) mass is 487 g/mol. The third-order valence-electron chi connectivity index (χ3n) is 7.33. The largest absolute Gasteiger partial charge is 0.494 e. The fraction of sp³-hybridized carbons (Fsp3) is 0.310. The number of halogens is 2. The van der Waals surface area contributed by atoms with Crippen LogP contribution in [0.15, 0.2) is 48.7 Å². The minimum Gasteiger partial charge on any atom is -0.494 e. The van der Waals surface area contributed by atoms with Crippen LogP contribution in [0.4, 0.5) is 8.78 Å². The Labute approximate surface area is 209 Å². The summed E-state index contributed by atoms with van der Waals surface area (Å²) in [6.45, 7) is 1.67. The van der Waals surface area contributed by atoms with Gasteiger partial charge in [0.1, 0.15) is 0 Å². The zero-order chi connectivity index (χ0) is 25.3. The molecule has 1 N–H and O–H groups in total. The number of piperidine rings is 1. The van der Waals surface area contributed by atoms with Gasteiger partial charge in [-0.2, -0.15) is 5.26 Å². The normalized spacial score (nSPS) is 16.1. The summed E-state index contributed by atoms with van der Waals surface area (Å²) >= 11 is 0. The van der Waals surface area contributed by atoms with Crippen molar-refractivity contribution in [3.05, 3.63) is 82.7 Å². The van der Waals surface area contributed by atoms with Gasteiger partial charge in [-0.3, -0.25) is 4.98 Å². The number of fused-ring (bicyclic) bond motifs is 1. The molecule has 5 rings (SSSR count). The Morgan fingerprint density at radius 3 is 2.28 bits per heavy atom. The van der Waals surface area contributed by atoms with Crippen LogP contribution in [-0.2, 0) is 18.3 Å². The molecule has 1 fully saturated rings. The van der Waals surface area contributed by atoms with Crippen molar-refractivity contribution in [3.63, 3.8) is 0 Å². The SMILES string of the molecule is COc1cc(OC)c(F)c(CC2=CCc3ncc(-c4ccc(C5(C#N)CCNCC5)cc4)cc32)c1F. The number of pyridine rings is 1. The van der Waals surface area contributed by atoms with Gasteiger partial charge < -0.3 is 14.8 Å². The van der Waals surface area contributed by atoms with E-state index in [1.807, 2.05) is 42.6 Å². The predicted molar refractivity (Wildman–Crippen MR) is 134 cm³/mol. The summed E-state index contributed by atoms with van der Waals surface area (Å²) in [7, 11) is 2.68. The van der Waals surface area contributed by atoms with E-state index in [2.05, 4.69) is 16.4 Å². The molecule has 5 nitrogen and oxygen atoms in total. The molecule has 0 unspecified atom stereocenters. The third-order valence-corrected chi connectivity index (χ3v) is 7.33. The molecular weight excluding hydrogens is 460 g/mol. The van der Waals surface area contributed by atoms with Gasteiger partial charge in [0.25, 0.3) is 0 Å².